The molecule has 1 atom stereocenters. The molecule has 108 valence electrons. The second-order valence-corrected chi connectivity index (χ2v) is 4.76. The van der Waals surface area contributed by atoms with Crippen molar-refractivity contribution in [3.63, 3.8) is 0 Å². The van der Waals surface area contributed by atoms with Gasteiger partial charge in [-0.2, -0.15) is 0 Å². The molecular formula is C15H12O6. The van der Waals surface area contributed by atoms with Crippen LogP contribution in [0.3, 0.4) is 0 Å². The number of fused-ring (bicyclic) bond motifs is 1. The normalized spacial score (nSPS) is 17.4. The zero-order chi connectivity index (χ0) is 15.2. The zero-order valence-electron chi connectivity index (χ0n) is 10.7. The smallest absolute Gasteiger partial charge is 0.240 e. The average Bonchev–Trinajstić information content (AvgIpc) is 2.80. The fourth-order valence-corrected chi connectivity index (χ4v) is 2.33. The van der Waals surface area contributed by atoms with Crippen LogP contribution in [0.25, 0.3) is 0 Å². The highest BCUT2D eigenvalue weighted by Crippen LogP contribution is 2.41. The van der Waals surface area contributed by atoms with Crippen LogP contribution in [0.15, 0.2) is 42.5 Å². The zero-order valence-corrected chi connectivity index (χ0v) is 10.7. The number of Topliss-reactive ketones (excluding diaryl/α,β-unsaturated/α-hetero) is 1. The highest BCUT2D eigenvalue weighted by Gasteiger charge is 2.49. The summed E-state index contributed by atoms with van der Waals surface area (Å²) in [5.41, 5.74) is -0.178. The number of rotatable bonds is 2. The van der Waals surface area contributed by atoms with Gasteiger partial charge in [0.1, 0.15) is 5.75 Å². The summed E-state index contributed by atoms with van der Waals surface area (Å²) in [7, 11) is 0. The lowest BCUT2D eigenvalue weighted by Gasteiger charge is -2.27. The minimum atomic E-state index is -2.78. The fourth-order valence-electron chi connectivity index (χ4n) is 2.33. The lowest BCUT2D eigenvalue weighted by Crippen LogP contribution is -2.45. The van der Waals surface area contributed by atoms with E-state index >= 15 is 0 Å². The minimum absolute atomic E-state index is 0.231. The lowest BCUT2D eigenvalue weighted by atomic mass is 9.94. The van der Waals surface area contributed by atoms with Gasteiger partial charge in [0.25, 0.3) is 0 Å². The summed E-state index contributed by atoms with van der Waals surface area (Å²) >= 11 is 0. The van der Waals surface area contributed by atoms with Gasteiger partial charge in [-0.3, -0.25) is 4.79 Å². The van der Waals surface area contributed by atoms with E-state index in [0.29, 0.717) is 0 Å². The molecule has 0 saturated carbocycles. The number of ketones is 1. The Labute approximate surface area is 119 Å². The van der Waals surface area contributed by atoms with E-state index < -0.39 is 34.7 Å². The largest absolute Gasteiger partial charge is 0.504 e. The maximum atomic E-state index is 12.2. The molecule has 1 heterocycles. The number of hydrogen-bond donors (Lipinski definition) is 4. The molecule has 1 aliphatic rings. The summed E-state index contributed by atoms with van der Waals surface area (Å²) in [6, 6.07) is 10.0. The van der Waals surface area contributed by atoms with Crippen molar-refractivity contribution in [2.24, 2.45) is 0 Å². The number of benzene rings is 2. The molecule has 0 saturated heterocycles. The minimum Gasteiger partial charge on any atom is -0.504 e. The van der Waals surface area contributed by atoms with Gasteiger partial charge < -0.3 is 25.2 Å². The predicted molar refractivity (Wildman–Crippen MR) is 71.1 cm³/mol. The highest BCUT2D eigenvalue weighted by molar-refractivity contribution is 6.05. The fraction of sp³-hybridized carbons (Fsp3) is 0.133. The van der Waals surface area contributed by atoms with E-state index in [9.17, 15) is 25.2 Å². The van der Waals surface area contributed by atoms with Gasteiger partial charge >= 0.3 is 0 Å². The first-order valence-electron chi connectivity index (χ1n) is 6.19. The number of aliphatic hydroxyl groups is 2. The van der Waals surface area contributed by atoms with Gasteiger partial charge in [-0.1, -0.05) is 18.2 Å². The number of hydrogen-bond acceptors (Lipinski definition) is 6. The molecule has 0 aliphatic carbocycles. The summed E-state index contributed by atoms with van der Waals surface area (Å²) in [6.07, 6.45) is -1.62. The van der Waals surface area contributed by atoms with E-state index in [0.717, 1.165) is 0 Å². The van der Waals surface area contributed by atoms with Crippen LogP contribution < -0.4 is 4.74 Å². The van der Waals surface area contributed by atoms with E-state index in [1.807, 2.05) is 0 Å². The average molecular weight is 288 g/mol. The van der Waals surface area contributed by atoms with Crippen LogP contribution in [0.5, 0.6) is 17.2 Å². The first-order chi connectivity index (χ1) is 9.93. The van der Waals surface area contributed by atoms with Crippen LogP contribution >= 0.6 is 0 Å². The summed E-state index contributed by atoms with van der Waals surface area (Å²) < 4.78 is 5.29. The summed E-state index contributed by atoms with van der Waals surface area (Å²) in [4.78, 5) is 12.2. The van der Waals surface area contributed by atoms with Crippen molar-refractivity contribution in [2.45, 2.75) is 11.9 Å². The maximum Gasteiger partial charge on any atom is 0.240 e. The summed E-state index contributed by atoms with van der Waals surface area (Å²) in [6.45, 7) is 0. The van der Waals surface area contributed by atoms with Crippen LogP contribution in [0.4, 0.5) is 0 Å². The molecule has 2 aromatic rings. The molecule has 0 fully saturated rings. The van der Waals surface area contributed by atoms with Crippen molar-refractivity contribution in [2.75, 3.05) is 0 Å². The summed E-state index contributed by atoms with van der Waals surface area (Å²) in [5, 5.41) is 39.8. The monoisotopic (exact) mass is 288 g/mol. The third-order valence-corrected chi connectivity index (χ3v) is 3.41. The highest BCUT2D eigenvalue weighted by atomic mass is 16.6. The van der Waals surface area contributed by atoms with Crippen LogP contribution in [-0.2, 0) is 5.79 Å². The molecular weight excluding hydrogens is 276 g/mol. The second-order valence-electron chi connectivity index (χ2n) is 4.76. The predicted octanol–water partition coefficient (Wildman–Crippen LogP) is 0.879. The maximum absolute atomic E-state index is 12.2. The molecule has 1 unspecified atom stereocenters. The van der Waals surface area contributed by atoms with Gasteiger partial charge in [-0.15, -0.1) is 0 Å². The second kappa shape index (κ2) is 4.47. The van der Waals surface area contributed by atoms with E-state index in [2.05, 4.69) is 0 Å². The van der Waals surface area contributed by atoms with Crippen molar-refractivity contribution in [3.05, 3.63) is 53.6 Å². The molecule has 0 amide bonds. The standard InChI is InChI=1S/C15H12O6/c16-10-6-3-5-9(13(10)18)15(19,20)14-12(17)8-4-1-2-7-11(8)21-14/h1-7,14,16,18-20H. The van der Waals surface area contributed by atoms with Gasteiger partial charge in [-0.05, 0) is 24.3 Å². The Morgan fingerprint density at radius 1 is 1.00 bits per heavy atom. The van der Waals surface area contributed by atoms with E-state index in [4.69, 9.17) is 4.74 Å². The Morgan fingerprint density at radius 3 is 2.43 bits per heavy atom. The Balaban J connectivity index is 2.05. The van der Waals surface area contributed by atoms with Crippen LogP contribution in [0, 0.1) is 0 Å². The molecule has 0 aromatic heterocycles. The number of aromatic hydroxyl groups is 2. The van der Waals surface area contributed by atoms with Gasteiger partial charge in [0.2, 0.25) is 17.7 Å². The number of phenols is 2. The van der Waals surface area contributed by atoms with Crippen molar-refractivity contribution in [1.29, 1.82) is 0 Å². The Bertz CT molecular complexity index is 722. The molecule has 6 nitrogen and oxygen atoms in total. The van der Waals surface area contributed by atoms with Crippen LogP contribution in [-0.4, -0.2) is 32.3 Å². The first kappa shape index (κ1) is 13.4. The van der Waals surface area contributed by atoms with E-state index in [1.54, 1.807) is 12.1 Å². The molecule has 21 heavy (non-hydrogen) atoms. The van der Waals surface area contributed by atoms with Crippen molar-refractivity contribution in [1.82, 2.24) is 0 Å². The molecule has 0 spiro atoms. The van der Waals surface area contributed by atoms with Gasteiger partial charge in [-0.25, -0.2) is 0 Å². The quantitative estimate of drug-likeness (QED) is 0.483. The number of carbonyl (C=O) groups is 1. The number of ether oxygens (including phenoxy) is 1. The third kappa shape index (κ3) is 1.93. The Hall–Kier alpha value is -2.57. The Morgan fingerprint density at radius 2 is 1.71 bits per heavy atom. The van der Waals surface area contributed by atoms with Crippen molar-refractivity contribution >= 4 is 5.78 Å². The SMILES string of the molecule is O=C1c2ccccc2OC1C(O)(O)c1cccc(O)c1O. The van der Waals surface area contributed by atoms with Crippen molar-refractivity contribution < 1.29 is 30.0 Å². The van der Waals surface area contributed by atoms with Gasteiger partial charge in [0.15, 0.2) is 11.5 Å². The van der Waals surface area contributed by atoms with Crippen LogP contribution in [0.1, 0.15) is 15.9 Å². The molecule has 0 radical (unpaired) electrons. The molecule has 6 heteroatoms. The lowest BCUT2D eigenvalue weighted by molar-refractivity contribution is -0.210. The molecule has 3 rings (SSSR count). The molecule has 0 bridgehead atoms. The molecule has 4 N–H and O–H groups in total. The molecule has 2 aromatic carbocycles. The van der Waals surface area contributed by atoms with Crippen molar-refractivity contribution in [3.8, 4) is 17.2 Å². The first-order valence-corrected chi connectivity index (χ1v) is 6.19. The van der Waals surface area contributed by atoms with E-state index in [1.165, 1.54) is 30.3 Å². The Kier molecular flexibility index (Phi) is 2.86. The third-order valence-electron chi connectivity index (χ3n) is 3.41. The molecule has 1 aliphatic heterocycles. The number of carbonyl (C=O) groups excluding carboxylic acids is 1. The van der Waals surface area contributed by atoms with E-state index in [-0.39, 0.29) is 11.3 Å². The topological polar surface area (TPSA) is 107 Å². The van der Waals surface area contributed by atoms with Gasteiger partial charge in [0, 0.05) is 0 Å². The number of para-hydroxylation sites is 2. The van der Waals surface area contributed by atoms with Gasteiger partial charge in [0.05, 0.1) is 11.1 Å². The van der Waals surface area contributed by atoms with Crippen LogP contribution in [0.2, 0.25) is 0 Å². The summed E-state index contributed by atoms with van der Waals surface area (Å²) in [5.74, 6) is -4.39. The number of phenolic OH excluding ortho intramolecular Hbond substituents is 2.